The van der Waals surface area contributed by atoms with E-state index in [-0.39, 0.29) is 5.91 Å². The predicted molar refractivity (Wildman–Crippen MR) is 79.5 cm³/mol. The molecule has 0 aliphatic heterocycles. The Morgan fingerprint density at radius 1 is 1.24 bits per heavy atom. The average molecular weight is 282 g/mol. The first kappa shape index (κ1) is 12.6. The number of anilines is 1. The van der Waals surface area contributed by atoms with Crippen LogP contribution in [-0.2, 0) is 12.8 Å². The second-order valence-electron chi connectivity index (χ2n) is 5.96. The lowest BCUT2D eigenvalue weighted by molar-refractivity contribution is 0.102. The van der Waals surface area contributed by atoms with Crippen LogP contribution >= 0.6 is 0 Å². The average Bonchev–Trinajstić information content (AvgIpc) is 3.08. The zero-order chi connectivity index (χ0) is 14.4. The van der Waals surface area contributed by atoms with Gasteiger partial charge in [-0.15, -0.1) is 10.2 Å². The summed E-state index contributed by atoms with van der Waals surface area (Å²) >= 11 is 0. The summed E-state index contributed by atoms with van der Waals surface area (Å²) in [4.78, 5) is 12.4. The molecule has 1 aromatic carbocycles. The lowest BCUT2D eigenvalue weighted by atomic mass is 10.1. The number of aryl methyl sites for hydroxylation is 3. The zero-order valence-electron chi connectivity index (χ0n) is 12.1. The van der Waals surface area contributed by atoms with Crippen molar-refractivity contribution in [3.05, 3.63) is 40.7 Å². The van der Waals surface area contributed by atoms with Gasteiger partial charge in [0.25, 0.3) is 5.91 Å². The Morgan fingerprint density at radius 2 is 2.05 bits per heavy atom. The minimum Gasteiger partial charge on any atom is -0.294 e. The van der Waals surface area contributed by atoms with Crippen LogP contribution in [0.2, 0.25) is 0 Å². The highest BCUT2D eigenvalue weighted by Gasteiger charge is 2.29. The molecule has 5 heteroatoms. The van der Waals surface area contributed by atoms with E-state index in [2.05, 4.69) is 21.6 Å². The van der Waals surface area contributed by atoms with Crippen LogP contribution in [0.4, 0.5) is 5.95 Å². The van der Waals surface area contributed by atoms with Crippen molar-refractivity contribution in [2.45, 2.75) is 45.1 Å². The Labute approximate surface area is 123 Å². The first-order chi connectivity index (χ1) is 10.2. The molecule has 1 amide bonds. The molecule has 21 heavy (non-hydrogen) atoms. The van der Waals surface area contributed by atoms with Gasteiger partial charge >= 0.3 is 0 Å². The van der Waals surface area contributed by atoms with Crippen molar-refractivity contribution in [2.75, 3.05) is 5.32 Å². The molecule has 1 heterocycles. The van der Waals surface area contributed by atoms with Crippen LogP contribution in [0.25, 0.3) is 0 Å². The zero-order valence-corrected chi connectivity index (χ0v) is 12.1. The second-order valence-corrected chi connectivity index (χ2v) is 5.96. The molecular formula is C16H18N4O. The first-order valence-corrected chi connectivity index (χ1v) is 7.57. The van der Waals surface area contributed by atoms with Crippen molar-refractivity contribution in [1.29, 1.82) is 0 Å². The maximum atomic E-state index is 12.4. The molecule has 1 aromatic heterocycles. The standard InChI is InChI=1S/C16H18N4O/c1-10-18-19-16(20(10)14-7-8-14)17-15(21)13-6-5-11-3-2-4-12(11)9-13/h5-6,9,14H,2-4,7-8H2,1H3,(H,17,19,21). The molecule has 0 spiro atoms. The number of hydrogen-bond acceptors (Lipinski definition) is 3. The number of hydrogen-bond donors (Lipinski definition) is 1. The fraction of sp³-hybridized carbons (Fsp3) is 0.438. The van der Waals surface area contributed by atoms with E-state index >= 15 is 0 Å². The minimum absolute atomic E-state index is 0.0981. The summed E-state index contributed by atoms with van der Waals surface area (Å²) in [6.07, 6.45) is 5.68. The molecule has 108 valence electrons. The quantitative estimate of drug-likeness (QED) is 0.941. The van der Waals surface area contributed by atoms with Gasteiger partial charge < -0.3 is 0 Å². The smallest absolute Gasteiger partial charge is 0.258 e. The van der Waals surface area contributed by atoms with Gasteiger partial charge in [0.15, 0.2) is 0 Å². The van der Waals surface area contributed by atoms with Gasteiger partial charge in [-0.2, -0.15) is 0 Å². The van der Waals surface area contributed by atoms with E-state index in [0.29, 0.717) is 17.6 Å². The monoisotopic (exact) mass is 282 g/mol. The third-order valence-corrected chi connectivity index (χ3v) is 4.36. The van der Waals surface area contributed by atoms with Gasteiger partial charge in [-0.05, 0) is 62.3 Å². The van der Waals surface area contributed by atoms with Gasteiger partial charge in [0.05, 0.1) is 0 Å². The van der Waals surface area contributed by atoms with Crippen molar-refractivity contribution in [3.63, 3.8) is 0 Å². The van der Waals surface area contributed by atoms with Crippen LogP contribution < -0.4 is 5.32 Å². The number of carbonyl (C=O) groups is 1. The maximum absolute atomic E-state index is 12.4. The summed E-state index contributed by atoms with van der Waals surface area (Å²) in [7, 11) is 0. The normalized spacial score (nSPS) is 16.8. The summed E-state index contributed by atoms with van der Waals surface area (Å²) in [5.74, 6) is 1.33. The fourth-order valence-corrected chi connectivity index (χ4v) is 3.11. The van der Waals surface area contributed by atoms with Gasteiger partial charge in [-0.25, -0.2) is 0 Å². The summed E-state index contributed by atoms with van der Waals surface area (Å²) in [5, 5.41) is 11.1. The lowest BCUT2D eigenvalue weighted by Gasteiger charge is -2.09. The Bertz CT molecular complexity index is 715. The molecular weight excluding hydrogens is 264 g/mol. The van der Waals surface area contributed by atoms with Crippen LogP contribution in [0.5, 0.6) is 0 Å². The van der Waals surface area contributed by atoms with Crippen LogP contribution in [0, 0.1) is 6.92 Å². The summed E-state index contributed by atoms with van der Waals surface area (Å²) < 4.78 is 2.03. The highest BCUT2D eigenvalue weighted by molar-refractivity contribution is 6.03. The maximum Gasteiger partial charge on any atom is 0.258 e. The van der Waals surface area contributed by atoms with Crippen LogP contribution in [0.15, 0.2) is 18.2 Å². The molecule has 2 aliphatic carbocycles. The minimum atomic E-state index is -0.0981. The Hall–Kier alpha value is -2.17. The number of rotatable bonds is 3. The molecule has 2 aromatic rings. The highest BCUT2D eigenvalue weighted by Crippen LogP contribution is 2.37. The molecule has 1 saturated carbocycles. The van der Waals surface area contributed by atoms with E-state index in [4.69, 9.17) is 0 Å². The molecule has 5 nitrogen and oxygen atoms in total. The summed E-state index contributed by atoms with van der Waals surface area (Å²) in [6, 6.07) is 6.45. The van der Waals surface area contributed by atoms with Crippen molar-refractivity contribution in [3.8, 4) is 0 Å². The molecule has 0 radical (unpaired) electrons. The van der Waals surface area contributed by atoms with E-state index in [1.807, 2.05) is 23.6 Å². The number of carbonyl (C=O) groups excluding carboxylic acids is 1. The molecule has 1 N–H and O–H groups in total. The Morgan fingerprint density at radius 3 is 2.86 bits per heavy atom. The molecule has 2 aliphatic rings. The number of fused-ring (bicyclic) bond motifs is 1. The van der Waals surface area contributed by atoms with Gasteiger partial charge in [-0.1, -0.05) is 6.07 Å². The van der Waals surface area contributed by atoms with Crippen molar-refractivity contribution < 1.29 is 4.79 Å². The molecule has 1 fully saturated rings. The van der Waals surface area contributed by atoms with Crippen molar-refractivity contribution in [2.24, 2.45) is 0 Å². The van der Waals surface area contributed by atoms with Crippen molar-refractivity contribution >= 4 is 11.9 Å². The van der Waals surface area contributed by atoms with Gasteiger partial charge in [0.1, 0.15) is 5.82 Å². The van der Waals surface area contributed by atoms with Crippen LogP contribution in [-0.4, -0.2) is 20.7 Å². The molecule has 0 bridgehead atoms. The topological polar surface area (TPSA) is 59.8 Å². The molecule has 0 atom stereocenters. The van der Waals surface area contributed by atoms with Gasteiger partial charge in [-0.3, -0.25) is 14.7 Å². The Balaban J connectivity index is 1.58. The van der Waals surface area contributed by atoms with E-state index < -0.39 is 0 Å². The van der Waals surface area contributed by atoms with E-state index in [1.54, 1.807) is 0 Å². The third kappa shape index (κ3) is 2.22. The number of amides is 1. The first-order valence-electron chi connectivity index (χ1n) is 7.57. The molecule has 0 unspecified atom stereocenters. The second kappa shape index (κ2) is 4.69. The number of aromatic nitrogens is 3. The van der Waals surface area contributed by atoms with Crippen LogP contribution in [0.1, 0.15) is 52.6 Å². The number of nitrogens with one attached hydrogen (secondary N) is 1. The van der Waals surface area contributed by atoms with Gasteiger partial charge in [0.2, 0.25) is 5.95 Å². The highest BCUT2D eigenvalue weighted by atomic mass is 16.1. The Kier molecular flexibility index (Phi) is 2.80. The lowest BCUT2D eigenvalue weighted by Crippen LogP contribution is -2.16. The fourth-order valence-electron chi connectivity index (χ4n) is 3.11. The molecule has 0 saturated heterocycles. The largest absolute Gasteiger partial charge is 0.294 e. The SMILES string of the molecule is Cc1nnc(NC(=O)c2ccc3c(c2)CCC3)n1C1CC1. The third-order valence-electron chi connectivity index (χ3n) is 4.36. The van der Waals surface area contributed by atoms with E-state index in [9.17, 15) is 4.79 Å². The molecule has 4 rings (SSSR count). The van der Waals surface area contributed by atoms with Gasteiger partial charge in [0, 0.05) is 11.6 Å². The summed E-state index contributed by atoms with van der Waals surface area (Å²) in [6.45, 7) is 1.93. The predicted octanol–water partition coefficient (Wildman–Crippen LogP) is 2.66. The van der Waals surface area contributed by atoms with Crippen LogP contribution in [0.3, 0.4) is 0 Å². The van der Waals surface area contributed by atoms with E-state index in [1.165, 1.54) is 17.5 Å². The van der Waals surface area contributed by atoms with Crippen molar-refractivity contribution in [1.82, 2.24) is 14.8 Å². The number of nitrogens with zero attached hydrogens (tertiary/aromatic N) is 3. The van der Waals surface area contributed by atoms with E-state index in [0.717, 1.165) is 31.5 Å². The number of benzene rings is 1. The summed E-state index contributed by atoms with van der Waals surface area (Å²) in [5.41, 5.74) is 3.39.